The number of carbonyl (C=O) groups is 2. The van der Waals surface area contributed by atoms with Gasteiger partial charge in [-0.15, -0.1) is 0 Å². The largest absolute Gasteiger partial charge is 0.481 e. The Labute approximate surface area is 108 Å². The lowest BCUT2D eigenvalue weighted by Crippen LogP contribution is -2.28. The van der Waals surface area contributed by atoms with Crippen LogP contribution in [0.25, 0.3) is 0 Å². The van der Waals surface area contributed by atoms with E-state index < -0.39 is 29.4 Å². The van der Waals surface area contributed by atoms with Crippen molar-refractivity contribution in [3.63, 3.8) is 0 Å². The highest BCUT2D eigenvalue weighted by Gasteiger charge is 2.48. The SMILES string of the molecule is O=C(O)C1CC1C(=O)NCCc1ccc(F)cc1F. The molecule has 19 heavy (non-hydrogen) atoms. The molecule has 1 aliphatic carbocycles. The molecule has 0 aromatic heterocycles. The van der Waals surface area contributed by atoms with Crippen LogP contribution in [0.4, 0.5) is 8.78 Å². The number of aliphatic carboxylic acids is 1. The lowest BCUT2D eigenvalue weighted by molar-refractivity contribution is -0.140. The van der Waals surface area contributed by atoms with Crippen molar-refractivity contribution in [2.24, 2.45) is 11.8 Å². The van der Waals surface area contributed by atoms with Crippen molar-refractivity contribution in [2.75, 3.05) is 6.54 Å². The number of hydrogen-bond acceptors (Lipinski definition) is 2. The van der Waals surface area contributed by atoms with Gasteiger partial charge in [-0.25, -0.2) is 8.78 Å². The van der Waals surface area contributed by atoms with Crippen LogP contribution >= 0.6 is 0 Å². The Hall–Kier alpha value is -1.98. The van der Waals surface area contributed by atoms with Crippen LogP contribution in [0.1, 0.15) is 12.0 Å². The zero-order valence-corrected chi connectivity index (χ0v) is 10.0. The van der Waals surface area contributed by atoms with Crippen LogP contribution in [0.5, 0.6) is 0 Å². The first-order chi connectivity index (χ1) is 8.99. The number of hydrogen-bond donors (Lipinski definition) is 2. The van der Waals surface area contributed by atoms with Gasteiger partial charge in [0.1, 0.15) is 11.6 Å². The number of carboxylic acids is 1. The fraction of sp³-hybridized carbons (Fsp3) is 0.385. The van der Waals surface area contributed by atoms with Crippen molar-refractivity contribution in [2.45, 2.75) is 12.8 Å². The first kappa shape index (κ1) is 13.5. The molecule has 0 saturated heterocycles. The van der Waals surface area contributed by atoms with Crippen LogP contribution in [0.2, 0.25) is 0 Å². The predicted molar refractivity (Wildman–Crippen MR) is 62.3 cm³/mol. The molecule has 1 fully saturated rings. The molecule has 1 aromatic carbocycles. The molecule has 1 aliphatic rings. The van der Waals surface area contributed by atoms with E-state index in [1.54, 1.807) is 0 Å². The first-order valence-corrected chi connectivity index (χ1v) is 5.93. The molecule has 0 heterocycles. The van der Waals surface area contributed by atoms with Crippen LogP contribution in [-0.2, 0) is 16.0 Å². The minimum Gasteiger partial charge on any atom is -0.481 e. The van der Waals surface area contributed by atoms with Gasteiger partial charge in [0.25, 0.3) is 0 Å². The highest BCUT2D eigenvalue weighted by Crippen LogP contribution is 2.38. The maximum absolute atomic E-state index is 13.3. The highest BCUT2D eigenvalue weighted by molar-refractivity contribution is 5.89. The number of benzene rings is 1. The molecule has 4 nitrogen and oxygen atoms in total. The zero-order valence-electron chi connectivity index (χ0n) is 10.0. The van der Waals surface area contributed by atoms with Crippen LogP contribution in [0, 0.1) is 23.5 Å². The third-order valence-corrected chi connectivity index (χ3v) is 3.15. The molecular formula is C13H13F2NO3. The van der Waals surface area contributed by atoms with Gasteiger partial charge in [0.2, 0.25) is 5.91 Å². The van der Waals surface area contributed by atoms with E-state index in [0.29, 0.717) is 12.0 Å². The Morgan fingerprint density at radius 3 is 2.63 bits per heavy atom. The van der Waals surface area contributed by atoms with E-state index in [0.717, 1.165) is 12.1 Å². The van der Waals surface area contributed by atoms with Crippen molar-refractivity contribution < 1.29 is 23.5 Å². The lowest BCUT2D eigenvalue weighted by atomic mass is 10.1. The second-order valence-electron chi connectivity index (χ2n) is 4.56. The molecule has 2 atom stereocenters. The van der Waals surface area contributed by atoms with Crippen molar-refractivity contribution in [3.8, 4) is 0 Å². The van der Waals surface area contributed by atoms with E-state index >= 15 is 0 Å². The predicted octanol–water partition coefficient (Wildman–Crippen LogP) is 1.34. The molecule has 6 heteroatoms. The van der Waals surface area contributed by atoms with Crippen LogP contribution < -0.4 is 5.32 Å². The van der Waals surface area contributed by atoms with Gasteiger partial charge >= 0.3 is 5.97 Å². The topological polar surface area (TPSA) is 66.4 Å². The van der Waals surface area contributed by atoms with E-state index in [1.807, 2.05) is 0 Å². The maximum atomic E-state index is 13.3. The molecule has 0 spiro atoms. The third kappa shape index (κ3) is 3.27. The average molecular weight is 269 g/mol. The van der Waals surface area contributed by atoms with Crippen molar-refractivity contribution in [3.05, 3.63) is 35.4 Å². The molecule has 2 rings (SSSR count). The average Bonchev–Trinajstić information content (AvgIpc) is 3.12. The minimum atomic E-state index is -0.968. The Kier molecular flexibility index (Phi) is 3.78. The number of carboxylic acid groups (broad SMARTS) is 1. The lowest BCUT2D eigenvalue weighted by Gasteiger charge is -2.05. The molecule has 0 aliphatic heterocycles. The monoisotopic (exact) mass is 269 g/mol. The number of rotatable bonds is 5. The standard InChI is InChI=1S/C13H13F2NO3/c14-8-2-1-7(11(15)5-8)3-4-16-12(17)9-6-10(9)13(18)19/h1-2,5,9-10H,3-4,6H2,(H,16,17)(H,18,19). The van der Waals surface area contributed by atoms with Gasteiger partial charge in [0, 0.05) is 12.6 Å². The van der Waals surface area contributed by atoms with Gasteiger partial charge in [-0.3, -0.25) is 9.59 Å². The quantitative estimate of drug-likeness (QED) is 0.847. The third-order valence-electron chi connectivity index (χ3n) is 3.15. The van der Waals surface area contributed by atoms with Gasteiger partial charge in [-0.05, 0) is 24.5 Å². The van der Waals surface area contributed by atoms with E-state index in [1.165, 1.54) is 6.07 Å². The summed E-state index contributed by atoms with van der Waals surface area (Å²) >= 11 is 0. The van der Waals surface area contributed by atoms with E-state index in [4.69, 9.17) is 5.11 Å². The molecule has 1 aromatic rings. The molecule has 0 radical (unpaired) electrons. The molecule has 2 N–H and O–H groups in total. The van der Waals surface area contributed by atoms with Gasteiger partial charge in [0.15, 0.2) is 0 Å². The van der Waals surface area contributed by atoms with Crippen molar-refractivity contribution in [1.29, 1.82) is 0 Å². The second-order valence-corrected chi connectivity index (χ2v) is 4.56. The molecule has 102 valence electrons. The fourth-order valence-corrected chi connectivity index (χ4v) is 1.93. The first-order valence-electron chi connectivity index (χ1n) is 5.93. The second kappa shape index (κ2) is 5.34. The normalized spacial score (nSPS) is 20.9. The van der Waals surface area contributed by atoms with E-state index in [9.17, 15) is 18.4 Å². The minimum absolute atomic E-state index is 0.199. The van der Waals surface area contributed by atoms with E-state index in [-0.39, 0.29) is 18.9 Å². The number of halogens is 2. The van der Waals surface area contributed by atoms with Gasteiger partial charge in [-0.2, -0.15) is 0 Å². The molecule has 1 amide bonds. The highest BCUT2D eigenvalue weighted by atomic mass is 19.1. The van der Waals surface area contributed by atoms with E-state index in [2.05, 4.69) is 5.32 Å². The Morgan fingerprint density at radius 2 is 2.05 bits per heavy atom. The molecular weight excluding hydrogens is 256 g/mol. The number of nitrogens with one attached hydrogen (secondary N) is 1. The fourth-order valence-electron chi connectivity index (χ4n) is 1.93. The summed E-state index contributed by atoms with van der Waals surface area (Å²) in [4.78, 5) is 22.1. The molecule has 1 saturated carbocycles. The summed E-state index contributed by atoms with van der Waals surface area (Å²) in [6, 6.07) is 3.27. The van der Waals surface area contributed by atoms with Gasteiger partial charge in [-0.1, -0.05) is 6.07 Å². The molecule has 0 bridgehead atoms. The number of carbonyl (C=O) groups excluding carboxylic acids is 1. The summed E-state index contributed by atoms with van der Waals surface area (Å²) in [5.41, 5.74) is 0.312. The summed E-state index contributed by atoms with van der Waals surface area (Å²) < 4.78 is 25.9. The summed E-state index contributed by atoms with van der Waals surface area (Å²) in [6.45, 7) is 0.199. The zero-order chi connectivity index (χ0) is 14.0. The Bertz CT molecular complexity index is 519. The van der Waals surface area contributed by atoms with Crippen LogP contribution in [-0.4, -0.2) is 23.5 Å². The van der Waals surface area contributed by atoms with Gasteiger partial charge < -0.3 is 10.4 Å². The smallest absolute Gasteiger partial charge is 0.307 e. The van der Waals surface area contributed by atoms with Crippen molar-refractivity contribution in [1.82, 2.24) is 5.32 Å². The van der Waals surface area contributed by atoms with Crippen LogP contribution in [0.3, 0.4) is 0 Å². The summed E-state index contributed by atoms with van der Waals surface area (Å²) in [6.07, 6.45) is 0.592. The van der Waals surface area contributed by atoms with Gasteiger partial charge in [0.05, 0.1) is 11.8 Å². The number of amides is 1. The maximum Gasteiger partial charge on any atom is 0.307 e. The Balaban J connectivity index is 1.78. The molecule has 2 unspecified atom stereocenters. The summed E-state index contributed by atoms with van der Waals surface area (Å²) in [7, 11) is 0. The summed E-state index contributed by atoms with van der Waals surface area (Å²) in [5, 5.41) is 11.2. The van der Waals surface area contributed by atoms with Crippen LogP contribution in [0.15, 0.2) is 18.2 Å². The summed E-state index contributed by atoms with van der Waals surface area (Å²) in [5.74, 6) is -3.66. The Morgan fingerprint density at radius 1 is 1.32 bits per heavy atom. The van der Waals surface area contributed by atoms with Crippen molar-refractivity contribution >= 4 is 11.9 Å².